The molecule has 0 bridgehead atoms. The highest BCUT2D eigenvalue weighted by molar-refractivity contribution is 5.24. The summed E-state index contributed by atoms with van der Waals surface area (Å²) in [6.45, 7) is 0. The Bertz CT molecular complexity index is 222. The molecule has 3 heteroatoms. The van der Waals surface area contributed by atoms with E-state index in [9.17, 15) is 5.11 Å². The first kappa shape index (κ1) is 7.00. The van der Waals surface area contributed by atoms with Crippen molar-refractivity contribution in [3.05, 3.63) is 24.3 Å². The summed E-state index contributed by atoms with van der Waals surface area (Å²) in [5, 5.41) is 17.7. The average Bonchev–Trinajstić information content (AvgIpc) is 1.87. The number of nitrogens with zero attached hydrogens (tertiary/aromatic N) is 1. The van der Waals surface area contributed by atoms with Gasteiger partial charge in [0.05, 0.1) is 6.07 Å². The van der Waals surface area contributed by atoms with E-state index in [0.29, 0.717) is 0 Å². The van der Waals surface area contributed by atoms with E-state index >= 15 is 0 Å². The Morgan fingerprint density at radius 1 is 1.60 bits per heavy atom. The summed E-state index contributed by atoms with van der Waals surface area (Å²) in [6.07, 6.45) is 6.28. The van der Waals surface area contributed by atoms with Crippen molar-refractivity contribution in [3.8, 4) is 6.07 Å². The fourth-order valence-corrected chi connectivity index (χ4v) is 0.789. The van der Waals surface area contributed by atoms with Crippen LogP contribution < -0.4 is 5.73 Å². The first-order valence-corrected chi connectivity index (χ1v) is 2.94. The predicted octanol–water partition coefficient (Wildman–Crippen LogP) is -0.101. The summed E-state index contributed by atoms with van der Waals surface area (Å²) in [4.78, 5) is 0. The largest absolute Gasteiger partial charge is 0.371 e. The van der Waals surface area contributed by atoms with Gasteiger partial charge in [-0.05, 0) is 6.08 Å². The molecule has 0 spiro atoms. The van der Waals surface area contributed by atoms with E-state index < -0.39 is 11.6 Å². The third-order valence-corrected chi connectivity index (χ3v) is 1.42. The van der Waals surface area contributed by atoms with Crippen molar-refractivity contribution in [3.63, 3.8) is 0 Å². The van der Waals surface area contributed by atoms with Crippen LogP contribution in [0.2, 0.25) is 0 Å². The Morgan fingerprint density at radius 3 is 2.70 bits per heavy atom. The normalized spacial score (nSPS) is 37.5. The predicted molar refractivity (Wildman–Crippen MR) is 36.5 cm³/mol. The van der Waals surface area contributed by atoms with E-state index in [0.717, 1.165) is 0 Å². The summed E-state index contributed by atoms with van der Waals surface area (Å²) < 4.78 is 0. The number of aliphatic hydroxyl groups is 1. The Balaban J connectivity index is 2.87. The van der Waals surface area contributed by atoms with Gasteiger partial charge in [-0.2, -0.15) is 5.26 Å². The fraction of sp³-hybridized carbons (Fsp3) is 0.286. The summed E-state index contributed by atoms with van der Waals surface area (Å²) >= 11 is 0. The Morgan fingerprint density at radius 2 is 2.30 bits per heavy atom. The maximum absolute atomic E-state index is 9.25. The quantitative estimate of drug-likeness (QED) is 0.457. The maximum atomic E-state index is 9.25. The number of hydrogen-bond acceptors (Lipinski definition) is 3. The van der Waals surface area contributed by atoms with Crippen LogP contribution in [0.25, 0.3) is 0 Å². The highest BCUT2D eigenvalue weighted by Crippen LogP contribution is 2.17. The van der Waals surface area contributed by atoms with E-state index in [-0.39, 0.29) is 0 Å². The van der Waals surface area contributed by atoms with Crippen LogP contribution in [0.3, 0.4) is 0 Å². The third-order valence-electron chi connectivity index (χ3n) is 1.42. The van der Waals surface area contributed by atoms with Crippen molar-refractivity contribution >= 4 is 0 Å². The maximum Gasteiger partial charge on any atom is 0.152 e. The molecule has 3 N–H and O–H groups in total. The number of nitriles is 1. The molecule has 52 valence electrons. The van der Waals surface area contributed by atoms with Crippen LogP contribution in [0, 0.1) is 17.2 Å². The molecule has 1 aliphatic carbocycles. The molecule has 1 rings (SSSR count). The van der Waals surface area contributed by atoms with Gasteiger partial charge >= 0.3 is 0 Å². The molecule has 0 heterocycles. The minimum absolute atomic E-state index is 0.627. The van der Waals surface area contributed by atoms with Crippen molar-refractivity contribution in [2.75, 3.05) is 0 Å². The number of hydrogen-bond donors (Lipinski definition) is 2. The first-order valence-electron chi connectivity index (χ1n) is 2.94. The van der Waals surface area contributed by atoms with Crippen molar-refractivity contribution in [2.24, 2.45) is 11.7 Å². The van der Waals surface area contributed by atoms with Crippen molar-refractivity contribution in [1.82, 2.24) is 0 Å². The van der Waals surface area contributed by atoms with Gasteiger partial charge in [0.15, 0.2) is 5.72 Å². The van der Waals surface area contributed by atoms with Crippen molar-refractivity contribution < 1.29 is 5.11 Å². The molecule has 0 amide bonds. The van der Waals surface area contributed by atoms with Crippen LogP contribution >= 0.6 is 0 Å². The van der Waals surface area contributed by atoms with Gasteiger partial charge < -0.3 is 5.11 Å². The zero-order valence-corrected chi connectivity index (χ0v) is 5.36. The van der Waals surface area contributed by atoms with Gasteiger partial charge in [0, 0.05) is 0 Å². The van der Waals surface area contributed by atoms with Crippen LogP contribution in [0.5, 0.6) is 0 Å². The van der Waals surface area contributed by atoms with Crippen LogP contribution in [0.1, 0.15) is 0 Å². The van der Waals surface area contributed by atoms with Gasteiger partial charge in [0.1, 0.15) is 5.92 Å². The SMILES string of the molecule is N#CC1C=CC=CC1(N)O. The monoisotopic (exact) mass is 136 g/mol. The summed E-state index contributed by atoms with van der Waals surface area (Å²) in [5.74, 6) is -0.627. The van der Waals surface area contributed by atoms with E-state index in [4.69, 9.17) is 11.0 Å². The zero-order valence-electron chi connectivity index (χ0n) is 5.36. The van der Waals surface area contributed by atoms with Crippen LogP contribution in [0.15, 0.2) is 24.3 Å². The van der Waals surface area contributed by atoms with Crippen LogP contribution in [-0.4, -0.2) is 10.8 Å². The van der Waals surface area contributed by atoms with E-state index in [1.165, 1.54) is 6.08 Å². The molecule has 0 fully saturated rings. The lowest BCUT2D eigenvalue weighted by Gasteiger charge is -2.23. The number of allylic oxidation sites excluding steroid dienone is 2. The molecule has 1 aliphatic rings. The molecule has 0 aromatic rings. The van der Waals surface area contributed by atoms with E-state index in [1.54, 1.807) is 18.2 Å². The second-order valence-electron chi connectivity index (χ2n) is 2.24. The Hall–Kier alpha value is -1.11. The lowest BCUT2D eigenvalue weighted by atomic mass is 9.94. The highest BCUT2D eigenvalue weighted by Gasteiger charge is 2.28. The Kier molecular flexibility index (Phi) is 1.58. The second-order valence-corrected chi connectivity index (χ2v) is 2.24. The lowest BCUT2D eigenvalue weighted by molar-refractivity contribution is 0.0734. The van der Waals surface area contributed by atoms with Gasteiger partial charge in [0.2, 0.25) is 0 Å². The third kappa shape index (κ3) is 1.08. The van der Waals surface area contributed by atoms with Crippen molar-refractivity contribution in [1.29, 1.82) is 5.26 Å². The molecule has 0 saturated heterocycles. The molecule has 10 heavy (non-hydrogen) atoms. The second kappa shape index (κ2) is 2.25. The van der Waals surface area contributed by atoms with E-state index in [2.05, 4.69) is 0 Å². The van der Waals surface area contributed by atoms with Gasteiger partial charge in [-0.15, -0.1) is 0 Å². The van der Waals surface area contributed by atoms with E-state index in [1.807, 2.05) is 6.07 Å². The molecule has 2 atom stereocenters. The summed E-state index contributed by atoms with van der Waals surface area (Å²) in [6, 6.07) is 1.88. The average molecular weight is 136 g/mol. The standard InChI is InChI=1S/C7H8N2O/c8-5-6-3-1-2-4-7(6,9)10/h1-4,6,10H,9H2. The molecule has 0 saturated carbocycles. The minimum Gasteiger partial charge on any atom is -0.371 e. The lowest BCUT2D eigenvalue weighted by Crippen LogP contribution is -2.44. The summed E-state index contributed by atoms with van der Waals surface area (Å²) in [7, 11) is 0. The number of nitrogens with two attached hydrogens (primary N) is 1. The zero-order chi connectivity index (χ0) is 7.61. The minimum atomic E-state index is -1.48. The van der Waals surface area contributed by atoms with Gasteiger partial charge in [-0.1, -0.05) is 18.2 Å². The molecular formula is C7H8N2O. The molecule has 0 radical (unpaired) electrons. The first-order chi connectivity index (χ1) is 4.67. The molecular weight excluding hydrogens is 128 g/mol. The topological polar surface area (TPSA) is 70.0 Å². The van der Waals surface area contributed by atoms with Gasteiger partial charge in [-0.3, -0.25) is 5.73 Å². The highest BCUT2D eigenvalue weighted by atomic mass is 16.3. The molecule has 0 aromatic carbocycles. The van der Waals surface area contributed by atoms with Crippen molar-refractivity contribution in [2.45, 2.75) is 5.72 Å². The fourth-order valence-electron chi connectivity index (χ4n) is 0.789. The molecule has 0 aromatic heterocycles. The van der Waals surface area contributed by atoms with Gasteiger partial charge in [0.25, 0.3) is 0 Å². The molecule has 2 unspecified atom stereocenters. The summed E-state index contributed by atoms with van der Waals surface area (Å²) in [5.41, 5.74) is 3.84. The molecule has 0 aliphatic heterocycles. The van der Waals surface area contributed by atoms with Gasteiger partial charge in [-0.25, -0.2) is 0 Å². The smallest absolute Gasteiger partial charge is 0.152 e. The Labute approximate surface area is 59.1 Å². The molecule has 3 nitrogen and oxygen atoms in total. The van der Waals surface area contributed by atoms with Crippen LogP contribution in [0.4, 0.5) is 0 Å². The van der Waals surface area contributed by atoms with Crippen LogP contribution in [-0.2, 0) is 0 Å². The number of rotatable bonds is 0.